The molecule has 0 spiro atoms. The van der Waals surface area contributed by atoms with Crippen LogP contribution in [0.5, 0.6) is 5.75 Å². The lowest BCUT2D eigenvalue weighted by molar-refractivity contribution is -0.120. The van der Waals surface area contributed by atoms with Gasteiger partial charge in [-0.1, -0.05) is 56.9 Å². The summed E-state index contributed by atoms with van der Waals surface area (Å²) in [4.78, 5) is 31.0. The van der Waals surface area contributed by atoms with Crippen molar-refractivity contribution in [1.82, 2.24) is 10.2 Å². The Labute approximate surface area is 201 Å². The Hall–Kier alpha value is -3.35. The summed E-state index contributed by atoms with van der Waals surface area (Å²) in [7, 11) is 0. The first-order valence-electron chi connectivity index (χ1n) is 12.4. The van der Waals surface area contributed by atoms with Crippen LogP contribution in [0.1, 0.15) is 57.4 Å². The molecule has 0 bridgehead atoms. The molecule has 180 valence electrons. The van der Waals surface area contributed by atoms with E-state index in [9.17, 15) is 9.59 Å². The van der Waals surface area contributed by atoms with Crippen molar-refractivity contribution >= 4 is 29.1 Å². The highest BCUT2D eigenvalue weighted by atomic mass is 16.5. The molecule has 0 aliphatic carbocycles. The molecule has 2 N–H and O–H groups in total. The minimum Gasteiger partial charge on any atom is -0.494 e. The smallest absolute Gasteiger partial charge is 0.246 e. The number of rotatable bonds is 12. The molecule has 1 atom stereocenters. The van der Waals surface area contributed by atoms with E-state index in [-0.39, 0.29) is 17.7 Å². The summed E-state index contributed by atoms with van der Waals surface area (Å²) in [6, 6.07) is 15.5. The Balaban J connectivity index is 1.29. The van der Waals surface area contributed by atoms with Crippen LogP contribution in [0.25, 0.3) is 0 Å². The monoisotopic (exact) mass is 462 g/mol. The van der Waals surface area contributed by atoms with Gasteiger partial charge in [-0.05, 0) is 43.0 Å². The van der Waals surface area contributed by atoms with Crippen LogP contribution in [-0.4, -0.2) is 35.8 Å². The Morgan fingerprint density at radius 3 is 2.74 bits per heavy atom. The second-order valence-electron chi connectivity index (χ2n) is 9.02. The fraction of sp³-hybridized carbons (Fsp3) is 0.444. The molecule has 2 aliphatic rings. The zero-order valence-electron chi connectivity index (χ0n) is 19.9. The highest BCUT2D eigenvalue weighted by Crippen LogP contribution is 2.31. The summed E-state index contributed by atoms with van der Waals surface area (Å²) in [5.74, 6) is 1.42. The largest absolute Gasteiger partial charge is 0.494 e. The van der Waals surface area contributed by atoms with Crippen LogP contribution >= 0.6 is 0 Å². The summed E-state index contributed by atoms with van der Waals surface area (Å²) in [6.45, 7) is 3.77. The van der Waals surface area contributed by atoms with Crippen LogP contribution < -0.4 is 15.4 Å². The van der Waals surface area contributed by atoms with Gasteiger partial charge in [0.25, 0.3) is 0 Å². The Kier molecular flexibility index (Phi) is 8.17. The number of guanidine groups is 1. The third kappa shape index (κ3) is 6.37. The van der Waals surface area contributed by atoms with Crippen LogP contribution in [-0.2, 0) is 16.1 Å². The third-order valence-corrected chi connectivity index (χ3v) is 6.31. The maximum Gasteiger partial charge on any atom is 0.246 e. The van der Waals surface area contributed by atoms with Crippen molar-refractivity contribution < 1.29 is 14.3 Å². The normalized spacial score (nSPS) is 15.1. The molecule has 0 aromatic heterocycles. The lowest BCUT2D eigenvalue weighted by Crippen LogP contribution is -2.31. The van der Waals surface area contributed by atoms with Crippen LogP contribution in [0.4, 0.5) is 11.4 Å². The molecule has 7 nitrogen and oxygen atoms in total. The zero-order chi connectivity index (χ0) is 23.8. The van der Waals surface area contributed by atoms with Crippen molar-refractivity contribution in [2.45, 2.75) is 58.4 Å². The second kappa shape index (κ2) is 11.7. The SMILES string of the molecule is CCCCCCC(CCCOc1ccc2c(c1)N=C1NC(=O)CN1C2)C(=O)Nc1ccccc1. The van der Waals surface area contributed by atoms with E-state index in [1.807, 2.05) is 53.4 Å². The van der Waals surface area contributed by atoms with Gasteiger partial charge >= 0.3 is 0 Å². The number of carbonyl (C=O) groups excluding carboxylic acids is 2. The molecule has 2 aromatic carbocycles. The molecule has 2 amide bonds. The summed E-state index contributed by atoms with van der Waals surface area (Å²) in [6.07, 6.45) is 7.12. The molecule has 1 fully saturated rings. The van der Waals surface area contributed by atoms with Crippen LogP contribution in [0, 0.1) is 5.92 Å². The molecule has 4 rings (SSSR count). The molecular formula is C27H34N4O3. The predicted octanol–water partition coefficient (Wildman–Crippen LogP) is 5.00. The molecular weight excluding hydrogens is 428 g/mol. The number of nitrogens with one attached hydrogen (secondary N) is 2. The van der Waals surface area contributed by atoms with Gasteiger partial charge in [0.1, 0.15) is 12.3 Å². The van der Waals surface area contributed by atoms with Crippen LogP contribution in [0.15, 0.2) is 53.5 Å². The van der Waals surface area contributed by atoms with E-state index >= 15 is 0 Å². The van der Waals surface area contributed by atoms with E-state index in [4.69, 9.17) is 4.74 Å². The van der Waals surface area contributed by atoms with Gasteiger partial charge in [0.05, 0.1) is 12.3 Å². The van der Waals surface area contributed by atoms with Crippen molar-refractivity contribution in [1.29, 1.82) is 0 Å². The number of para-hydroxylation sites is 1. The molecule has 1 saturated heterocycles. The first-order chi connectivity index (χ1) is 16.6. The number of amides is 2. The van der Waals surface area contributed by atoms with Crippen molar-refractivity contribution in [3.63, 3.8) is 0 Å². The lowest BCUT2D eigenvalue weighted by Gasteiger charge is -2.23. The van der Waals surface area contributed by atoms with Gasteiger partial charge in [0.15, 0.2) is 0 Å². The maximum absolute atomic E-state index is 12.9. The van der Waals surface area contributed by atoms with E-state index in [0.717, 1.165) is 54.8 Å². The van der Waals surface area contributed by atoms with E-state index < -0.39 is 0 Å². The molecule has 0 radical (unpaired) electrons. The van der Waals surface area contributed by atoms with E-state index in [1.54, 1.807) is 0 Å². The average molecular weight is 463 g/mol. The standard InChI is InChI=1S/C27H34N4O3/c1-2-3-4-6-10-20(26(33)28-22-12-7-5-8-13-22)11-9-16-34-23-15-14-21-18-31-19-25(32)30-27(31)29-24(21)17-23/h5,7-8,12-15,17,20H,2-4,6,9-11,16,18-19H2,1H3,(H,28,33)(H,29,30,32). The minimum absolute atomic E-state index is 0.0208. The number of anilines is 1. The predicted molar refractivity (Wildman–Crippen MR) is 134 cm³/mol. The number of hydrogen-bond donors (Lipinski definition) is 2. The fourth-order valence-corrected chi connectivity index (χ4v) is 4.42. The van der Waals surface area contributed by atoms with E-state index in [2.05, 4.69) is 22.5 Å². The molecule has 0 saturated carbocycles. The quantitative estimate of drug-likeness (QED) is 0.435. The Bertz CT molecular complexity index is 1020. The summed E-state index contributed by atoms with van der Waals surface area (Å²) in [5, 5.41) is 5.86. The second-order valence-corrected chi connectivity index (χ2v) is 9.02. The number of unbranched alkanes of at least 4 members (excludes halogenated alkanes) is 3. The third-order valence-electron chi connectivity index (χ3n) is 6.31. The van der Waals surface area contributed by atoms with Crippen molar-refractivity contribution in [3.05, 3.63) is 54.1 Å². The number of ether oxygens (including phenoxy) is 1. The zero-order valence-corrected chi connectivity index (χ0v) is 19.9. The summed E-state index contributed by atoms with van der Waals surface area (Å²) >= 11 is 0. The Morgan fingerprint density at radius 2 is 1.91 bits per heavy atom. The van der Waals surface area contributed by atoms with Gasteiger partial charge in [0.2, 0.25) is 17.8 Å². The molecule has 2 heterocycles. The minimum atomic E-state index is -0.0245. The van der Waals surface area contributed by atoms with Gasteiger partial charge in [0, 0.05) is 24.2 Å². The number of hydrogen-bond acceptors (Lipinski definition) is 5. The first kappa shape index (κ1) is 23.8. The van der Waals surface area contributed by atoms with Gasteiger partial charge in [-0.15, -0.1) is 0 Å². The highest BCUT2D eigenvalue weighted by Gasteiger charge is 2.29. The van der Waals surface area contributed by atoms with Gasteiger partial charge < -0.3 is 15.0 Å². The molecule has 2 aliphatic heterocycles. The number of fused-ring (bicyclic) bond motifs is 2. The number of nitrogens with zero attached hydrogens (tertiary/aromatic N) is 2. The van der Waals surface area contributed by atoms with Crippen molar-refractivity contribution in [2.24, 2.45) is 10.9 Å². The number of benzene rings is 2. The average Bonchev–Trinajstić information content (AvgIpc) is 3.20. The van der Waals surface area contributed by atoms with E-state index in [1.165, 1.54) is 12.8 Å². The summed E-state index contributed by atoms with van der Waals surface area (Å²) < 4.78 is 5.99. The summed E-state index contributed by atoms with van der Waals surface area (Å²) in [5.41, 5.74) is 2.76. The lowest BCUT2D eigenvalue weighted by atomic mass is 9.95. The van der Waals surface area contributed by atoms with Gasteiger partial charge in [-0.2, -0.15) is 0 Å². The Morgan fingerprint density at radius 1 is 1.09 bits per heavy atom. The number of carbonyl (C=O) groups is 2. The van der Waals surface area contributed by atoms with Crippen molar-refractivity contribution in [2.75, 3.05) is 18.5 Å². The van der Waals surface area contributed by atoms with Crippen LogP contribution in [0.3, 0.4) is 0 Å². The first-order valence-corrected chi connectivity index (χ1v) is 12.4. The van der Waals surface area contributed by atoms with E-state index in [0.29, 0.717) is 25.7 Å². The number of aliphatic imine (C=N–C) groups is 1. The highest BCUT2D eigenvalue weighted by molar-refractivity contribution is 6.05. The van der Waals surface area contributed by atoms with Gasteiger partial charge in [-0.3, -0.25) is 14.9 Å². The fourth-order valence-electron chi connectivity index (χ4n) is 4.42. The molecule has 7 heteroatoms. The molecule has 2 aromatic rings. The van der Waals surface area contributed by atoms with Crippen LogP contribution in [0.2, 0.25) is 0 Å². The topological polar surface area (TPSA) is 83.0 Å². The van der Waals surface area contributed by atoms with Crippen molar-refractivity contribution in [3.8, 4) is 5.75 Å². The maximum atomic E-state index is 12.9. The van der Waals surface area contributed by atoms with Gasteiger partial charge in [-0.25, -0.2) is 4.99 Å². The molecule has 1 unspecified atom stereocenters. The molecule has 34 heavy (non-hydrogen) atoms.